The topological polar surface area (TPSA) is 76.0 Å². The van der Waals surface area contributed by atoms with E-state index in [0.29, 0.717) is 11.1 Å². The molecule has 1 spiro atoms. The van der Waals surface area contributed by atoms with E-state index in [-0.39, 0.29) is 54.9 Å². The maximum atomic E-state index is 12.9. The van der Waals surface area contributed by atoms with Crippen LogP contribution < -0.4 is 4.74 Å². The second-order valence-electron chi connectivity index (χ2n) is 6.81. The Bertz CT molecular complexity index is 1190. The second-order valence-corrected chi connectivity index (χ2v) is 8.32. The maximum Gasteiger partial charge on any atom is 0.341 e. The number of carbonyl (C=O) groups excluding carboxylic acids is 1. The molecule has 9 heteroatoms. The molecule has 0 saturated heterocycles. The number of ether oxygens (including phenoxy) is 2. The van der Waals surface area contributed by atoms with Gasteiger partial charge in [-0.2, -0.15) is 0 Å². The fourth-order valence-electron chi connectivity index (χ4n) is 4.00. The molecule has 5 rings (SSSR count). The molecule has 0 bridgehead atoms. The standard InChI is InChI=1S/C20H10Cl4O5/c21-15-13-14(16(22)18(24)17(15)23)20(29-19(13)27)9-3-1-7(25)5-11(9)28-12-6-8(26)2-4-10(12)20/h1,3-6,8,25-26H,2H2. The third-order valence-corrected chi connectivity index (χ3v) is 6.99. The van der Waals surface area contributed by atoms with E-state index >= 15 is 0 Å². The van der Waals surface area contributed by atoms with Gasteiger partial charge in [0.05, 0.1) is 31.8 Å². The minimum absolute atomic E-state index is 0.0106. The molecule has 1 aliphatic carbocycles. The van der Waals surface area contributed by atoms with Crippen molar-refractivity contribution in [1.82, 2.24) is 0 Å². The monoisotopic (exact) mass is 470 g/mol. The zero-order valence-electron chi connectivity index (χ0n) is 14.3. The van der Waals surface area contributed by atoms with Gasteiger partial charge in [-0.15, -0.1) is 0 Å². The van der Waals surface area contributed by atoms with E-state index in [1.807, 2.05) is 0 Å². The van der Waals surface area contributed by atoms with Crippen LogP contribution in [0.2, 0.25) is 20.1 Å². The average Bonchev–Trinajstić information content (AvgIpc) is 2.97. The first kappa shape index (κ1) is 19.1. The molecule has 0 fully saturated rings. The lowest BCUT2D eigenvalue weighted by atomic mass is 9.75. The van der Waals surface area contributed by atoms with Gasteiger partial charge in [-0.1, -0.05) is 52.5 Å². The summed E-state index contributed by atoms with van der Waals surface area (Å²) < 4.78 is 11.8. The number of carbonyl (C=O) groups is 1. The van der Waals surface area contributed by atoms with Crippen LogP contribution >= 0.6 is 46.4 Å². The van der Waals surface area contributed by atoms with Crippen LogP contribution in [-0.2, 0) is 10.3 Å². The van der Waals surface area contributed by atoms with Crippen LogP contribution in [0.5, 0.6) is 11.5 Å². The molecule has 5 nitrogen and oxygen atoms in total. The SMILES string of the molecule is O=C1OC2(C3=CCC(O)C=C3Oc3cc(O)ccc32)c2c(Cl)c(Cl)c(Cl)c(Cl)c21. The van der Waals surface area contributed by atoms with E-state index in [4.69, 9.17) is 55.9 Å². The second kappa shape index (κ2) is 6.30. The van der Waals surface area contributed by atoms with Crippen molar-refractivity contribution in [3.05, 3.63) is 78.5 Å². The van der Waals surface area contributed by atoms with Crippen LogP contribution in [0, 0.1) is 0 Å². The molecule has 2 heterocycles. The van der Waals surface area contributed by atoms with Crippen LogP contribution in [-0.4, -0.2) is 22.3 Å². The normalized spacial score (nSPS) is 24.2. The molecule has 0 amide bonds. The lowest BCUT2D eigenvalue weighted by Gasteiger charge is -2.40. The Kier molecular flexibility index (Phi) is 4.15. The summed E-state index contributed by atoms with van der Waals surface area (Å²) in [5.41, 5.74) is -0.358. The fraction of sp³-hybridized carbons (Fsp3) is 0.150. The summed E-state index contributed by atoms with van der Waals surface area (Å²) >= 11 is 25.4. The highest BCUT2D eigenvalue weighted by atomic mass is 35.5. The van der Waals surface area contributed by atoms with E-state index in [1.165, 1.54) is 18.2 Å². The zero-order valence-corrected chi connectivity index (χ0v) is 17.3. The summed E-state index contributed by atoms with van der Waals surface area (Å²) in [6.45, 7) is 0. The summed E-state index contributed by atoms with van der Waals surface area (Å²) in [5.74, 6) is -0.258. The van der Waals surface area contributed by atoms with Gasteiger partial charge in [-0.3, -0.25) is 0 Å². The Morgan fingerprint density at radius 1 is 1.07 bits per heavy atom. The van der Waals surface area contributed by atoms with Crippen LogP contribution in [0.15, 0.2) is 41.7 Å². The van der Waals surface area contributed by atoms with E-state index in [1.54, 1.807) is 12.1 Å². The molecule has 0 aromatic heterocycles. The number of hydrogen-bond acceptors (Lipinski definition) is 5. The molecule has 2 N–H and O–H groups in total. The van der Waals surface area contributed by atoms with E-state index in [9.17, 15) is 15.0 Å². The number of aromatic hydroxyl groups is 1. The molecular weight excluding hydrogens is 462 g/mol. The van der Waals surface area contributed by atoms with Crippen LogP contribution in [0.4, 0.5) is 0 Å². The van der Waals surface area contributed by atoms with E-state index in [2.05, 4.69) is 0 Å². The first-order valence-electron chi connectivity index (χ1n) is 8.47. The van der Waals surface area contributed by atoms with Crippen LogP contribution in [0.25, 0.3) is 0 Å². The van der Waals surface area contributed by atoms with Gasteiger partial charge in [0, 0.05) is 22.8 Å². The molecule has 0 saturated carbocycles. The zero-order chi connectivity index (χ0) is 20.7. The number of halogens is 4. The van der Waals surface area contributed by atoms with Crippen LogP contribution in [0.1, 0.15) is 27.9 Å². The molecule has 29 heavy (non-hydrogen) atoms. The molecule has 2 aliphatic heterocycles. The van der Waals surface area contributed by atoms with Crippen molar-refractivity contribution >= 4 is 52.4 Å². The van der Waals surface area contributed by atoms with Gasteiger partial charge in [0.25, 0.3) is 0 Å². The number of phenolic OH excluding ortho intramolecular Hbond substituents is 1. The Morgan fingerprint density at radius 3 is 2.55 bits per heavy atom. The molecule has 2 aromatic rings. The van der Waals surface area contributed by atoms with Gasteiger partial charge in [-0.25, -0.2) is 4.79 Å². The number of aliphatic hydroxyl groups is 1. The minimum Gasteiger partial charge on any atom is -0.508 e. The van der Waals surface area contributed by atoms with Crippen molar-refractivity contribution in [2.45, 2.75) is 18.1 Å². The van der Waals surface area contributed by atoms with Crippen molar-refractivity contribution in [2.75, 3.05) is 0 Å². The van der Waals surface area contributed by atoms with Gasteiger partial charge >= 0.3 is 5.97 Å². The van der Waals surface area contributed by atoms with Gasteiger partial charge in [0.2, 0.25) is 0 Å². The predicted molar refractivity (Wildman–Crippen MR) is 108 cm³/mol. The maximum absolute atomic E-state index is 12.9. The number of fused-ring (bicyclic) bond motifs is 6. The third-order valence-electron chi connectivity index (χ3n) is 5.19. The lowest BCUT2D eigenvalue weighted by Crippen LogP contribution is -2.38. The van der Waals surface area contributed by atoms with E-state index in [0.717, 1.165) is 0 Å². The number of rotatable bonds is 0. The lowest BCUT2D eigenvalue weighted by molar-refractivity contribution is 0.0196. The summed E-state index contributed by atoms with van der Waals surface area (Å²) in [5, 5.41) is 19.9. The quantitative estimate of drug-likeness (QED) is 0.306. The molecule has 2 unspecified atom stereocenters. The summed E-state index contributed by atoms with van der Waals surface area (Å²) in [6, 6.07) is 4.40. The Balaban J connectivity index is 1.94. The van der Waals surface area contributed by atoms with Crippen molar-refractivity contribution in [3.63, 3.8) is 0 Å². The number of aliphatic hydroxyl groups excluding tert-OH is 1. The minimum atomic E-state index is -1.52. The highest BCUT2D eigenvalue weighted by molar-refractivity contribution is 6.53. The Hall–Kier alpha value is -1.89. The summed E-state index contributed by atoms with van der Waals surface area (Å²) in [6.07, 6.45) is 2.71. The van der Waals surface area contributed by atoms with Crippen molar-refractivity contribution in [1.29, 1.82) is 0 Å². The molecule has 0 radical (unpaired) electrons. The van der Waals surface area contributed by atoms with Crippen molar-refractivity contribution in [2.24, 2.45) is 0 Å². The molecule has 3 aliphatic rings. The Morgan fingerprint density at radius 2 is 1.79 bits per heavy atom. The van der Waals surface area contributed by atoms with Gasteiger partial charge in [0.1, 0.15) is 17.3 Å². The smallest absolute Gasteiger partial charge is 0.341 e. The summed E-state index contributed by atoms with van der Waals surface area (Å²) in [7, 11) is 0. The van der Waals surface area contributed by atoms with Crippen molar-refractivity contribution in [3.8, 4) is 11.5 Å². The van der Waals surface area contributed by atoms with Crippen molar-refractivity contribution < 1.29 is 24.5 Å². The van der Waals surface area contributed by atoms with Gasteiger partial charge in [0.15, 0.2) is 5.60 Å². The first-order chi connectivity index (χ1) is 13.8. The van der Waals surface area contributed by atoms with Gasteiger partial charge in [-0.05, 0) is 24.6 Å². The Labute approximate surface area is 184 Å². The largest absolute Gasteiger partial charge is 0.508 e. The molecule has 2 atom stereocenters. The fourth-order valence-corrected chi connectivity index (χ4v) is 5.07. The number of phenols is 1. The highest BCUT2D eigenvalue weighted by Gasteiger charge is 2.58. The molecular formula is C20H10Cl4O5. The van der Waals surface area contributed by atoms with Gasteiger partial charge < -0.3 is 19.7 Å². The number of benzene rings is 2. The molecule has 148 valence electrons. The third kappa shape index (κ3) is 2.43. The first-order valence-corrected chi connectivity index (χ1v) is 9.99. The van der Waals surface area contributed by atoms with Crippen LogP contribution in [0.3, 0.4) is 0 Å². The van der Waals surface area contributed by atoms with E-state index < -0.39 is 17.7 Å². The average molecular weight is 472 g/mol. The predicted octanol–water partition coefficient (Wildman–Crippen LogP) is 5.39. The molecule has 2 aromatic carbocycles. The number of hydrogen-bond donors (Lipinski definition) is 2. The highest BCUT2D eigenvalue weighted by Crippen LogP contribution is 2.60. The number of esters is 1. The summed E-state index contributed by atoms with van der Waals surface area (Å²) in [4.78, 5) is 12.9.